The Morgan fingerprint density at radius 1 is 1.28 bits per heavy atom. The highest BCUT2D eigenvalue weighted by atomic mass is 32.1. The Hall–Kier alpha value is -1.69. The molecule has 0 bridgehead atoms. The molecule has 134 valence electrons. The van der Waals surface area contributed by atoms with E-state index in [0.29, 0.717) is 25.4 Å². The van der Waals surface area contributed by atoms with Gasteiger partial charge in [0.05, 0.1) is 23.3 Å². The molecular formula is C19H23FN2O2S. The molecule has 2 aromatic rings. The molecule has 1 aliphatic carbocycles. The van der Waals surface area contributed by atoms with Gasteiger partial charge in [-0.1, -0.05) is 43.4 Å². The largest absolute Gasteiger partial charge is 0.459 e. The van der Waals surface area contributed by atoms with Crippen LogP contribution in [0.1, 0.15) is 44.9 Å². The highest BCUT2D eigenvalue weighted by Crippen LogP contribution is 2.32. The van der Waals surface area contributed by atoms with Crippen molar-refractivity contribution in [1.29, 1.82) is 0 Å². The van der Waals surface area contributed by atoms with Crippen molar-refractivity contribution in [2.75, 3.05) is 18.0 Å². The number of rotatable bonds is 5. The van der Waals surface area contributed by atoms with Gasteiger partial charge in [-0.25, -0.2) is 9.37 Å². The van der Waals surface area contributed by atoms with Crippen molar-refractivity contribution in [3.05, 3.63) is 24.0 Å². The van der Waals surface area contributed by atoms with Crippen LogP contribution in [0.2, 0.25) is 0 Å². The second kappa shape index (κ2) is 7.28. The van der Waals surface area contributed by atoms with Crippen LogP contribution in [0.25, 0.3) is 10.2 Å². The Kier molecular flexibility index (Phi) is 4.88. The molecule has 1 saturated heterocycles. The van der Waals surface area contributed by atoms with Crippen molar-refractivity contribution in [3.63, 3.8) is 0 Å². The first-order chi connectivity index (χ1) is 12.2. The highest BCUT2D eigenvalue weighted by Gasteiger charge is 2.32. The topological polar surface area (TPSA) is 42.4 Å². The number of aromatic nitrogens is 1. The SMILES string of the molecule is O=C(CCC1CCCCC1)OC1CN(c2nc3ccc(F)cc3s2)C1. The van der Waals surface area contributed by atoms with Gasteiger partial charge in [0.25, 0.3) is 0 Å². The minimum Gasteiger partial charge on any atom is -0.459 e. The third-order valence-corrected chi connectivity index (χ3v) is 6.32. The van der Waals surface area contributed by atoms with Crippen LogP contribution in [0.3, 0.4) is 0 Å². The summed E-state index contributed by atoms with van der Waals surface area (Å²) in [7, 11) is 0. The number of esters is 1. The van der Waals surface area contributed by atoms with E-state index in [-0.39, 0.29) is 17.9 Å². The fraction of sp³-hybridized carbons (Fsp3) is 0.579. The lowest BCUT2D eigenvalue weighted by Gasteiger charge is -2.38. The van der Waals surface area contributed by atoms with Crippen LogP contribution in [-0.2, 0) is 9.53 Å². The minimum atomic E-state index is -0.240. The molecule has 1 aliphatic heterocycles. The van der Waals surface area contributed by atoms with Gasteiger partial charge in [0.1, 0.15) is 11.9 Å². The number of fused-ring (bicyclic) bond motifs is 1. The maximum atomic E-state index is 13.3. The van der Waals surface area contributed by atoms with Crippen LogP contribution in [0, 0.1) is 11.7 Å². The van der Waals surface area contributed by atoms with Gasteiger partial charge < -0.3 is 9.64 Å². The average molecular weight is 362 g/mol. The van der Waals surface area contributed by atoms with Crippen LogP contribution < -0.4 is 4.90 Å². The summed E-state index contributed by atoms with van der Waals surface area (Å²) >= 11 is 1.48. The van der Waals surface area contributed by atoms with Crippen molar-refractivity contribution in [3.8, 4) is 0 Å². The molecule has 4 rings (SSSR count). The number of anilines is 1. The van der Waals surface area contributed by atoms with Crippen LogP contribution in [0.15, 0.2) is 18.2 Å². The minimum absolute atomic E-state index is 0.0393. The molecule has 25 heavy (non-hydrogen) atoms. The maximum Gasteiger partial charge on any atom is 0.306 e. The number of hydrogen-bond acceptors (Lipinski definition) is 5. The first-order valence-corrected chi connectivity index (χ1v) is 9.99. The number of carbonyl (C=O) groups is 1. The summed E-state index contributed by atoms with van der Waals surface area (Å²) in [5.74, 6) is 0.403. The van der Waals surface area contributed by atoms with Gasteiger partial charge in [-0.05, 0) is 30.5 Å². The lowest BCUT2D eigenvalue weighted by Crippen LogP contribution is -2.53. The predicted molar refractivity (Wildman–Crippen MR) is 97.5 cm³/mol. The van der Waals surface area contributed by atoms with Gasteiger partial charge in [-0.15, -0.1) is 0 Å². The Balaban J connectivity index is 1.23. The second-order valence-corrected chi connectivity index (χ2v) is 8.18. The summed E-state index contributed by atoms with van der Waals surface area (Å²) in [4.78, 5) is 18.6. The summed E-state index contributed by atoms with van der Waals surface area (Å²) in [5.41, 5.74) is 0.814. The molecule has 2 heterocycles. The smallest absolute Gasteiger partial charge is 0.306 e. The average Bonchev–Trinajstić information content (AvgIpc) is 2.99. The fourth-order valence-corrected chi connectivity index (χ4v) is 4.74. The van der Waals surface area contributed by atoms with Crippen molar-refractivity contribution in [2.24, 2.45) is 5.92 Å². The Bertz CT molecular complexity index is 751. The summed E-state index contributed by atoms with van der Waals surface area (Å²) in [5, 5.41) is 0.870. The van der Waals surface area contributed by atoms with Gasteiger partial charge in [0.2, 0.25) is 0 Å². The second-order valence-electron chi connectivity index (χ2n) is 7.17. The maximum absolute atomic E-state index is 13.3. The van der Waals surface area contributed by atoms with Crippen molar-refractivity contribution < 1.29 is 13.9 Å². The fourth-order valence-electron chi connectivity index (χ4n) is 3.73. The predicted octanol–water partition coefficient (Wildman–Crippen LogP) is 4.53. The third kappa shape index (κ3) is 3.94. The number of ether oxygens (including phenoxy) is 1. The van der Waals surface area contributed by atoms with Crippen molar-refractivity contribution >= 4 is 32.7 Å². The number of thiazole rings is 1. The number of hydrogen-bond donors (Lipinski definition) is 0. The summed E-state index contributed by atoms with van der Waals surface area (Å²) in [6.07, 6.45) is 7.97. The van der Waals surface area contributed by atoms with E-state index < -0.39 is 0 Å². The van der Waals surface area contributed by atoms with E-state index in [1.54, 1.807) is 6.07 Å². The van der Waals surface area contributed by atoms with Crippen molar-refractivity contribution in [1.82, 2.24) is 4.98 Å². The van der Waals surface area contributed by atoms with Gasteiger partial charge in [0.15, 0.2) is 5.13 Å². The summed E-state index contributed by atoms with van der Waals surface area (Å²) in [6.45, 7) is 1.36. The molecule has 1 aromatic carbocycles. The first kappa shape index (κ1) is 16.8. The molecular weight excluding hydrogens is 339 g/mol. The molecule has 0 atom stereocenters. The van der Waals surface area contributed by atoms with Crippen LogP contribution in [-0.4, -0.2) is 30.1 Å². The zero-order chi connectivity index (χ0) is 17.2. The van der Waals surface area contributed by atoms with E-state index in [0.717, 1.165) is 21.8 Å². The van der Waals surface area contributed by atoms with Gasteiger partial charge in [-0.2, -0.15) is 0 Å². The van der Waals surface area contributed by atoms with E-state index in [9.17, 15) is 9.18 Å². The molecule has 1 aromatic heterocycles. The van der Waals surface area contributed by atoms with Crippen LogP contribution in [0.5, 0.6) is 0 Å². The Morgan fingerprint density at radius 3 is 2.88 bits per heavy atom. The standard InChI is InChI=1S/C19H23FN2O2S/c20-14-7-8-16-17(10-14)25-19(21-16)22-11-15(12-22)24-18(23)9-6-13-4-2-1-3-5-13/h7-8,10,13,15H,1-6,9,11-12H2. The summed E-state index contributed by atoms with van der Waals surface area (Å²) in [6, 6.07) is 4.64. The van der Waals surface area contributed by atoms with E-state index >= 15 is 0 Å². The molecule has 0 spiro atoms. The molecule has 2 aliphatic rings. The number of nitrogens with zero attached hydrogens (tertiary/aromatic N) is 2. The number of halogens is 1. The van der Waals surface area contributed by atoms with Crippen molar-refractivity contribution in [2.45, 2.75) is 51.0 Å². The molecule has 2 fully saturated rings. The monoisotopic (exact) mass is 362 g/mol. The molecule has 0 unspecified atom stereocenters. The van der Waals surface area contributed by atoms with Gasteiger partial charge >= 0.3 is 5.97 Å². The lowest BCUT2D eigenvalue weighted by molar-refractivity contribution is -0.150. The molecule has 0 N–H and O–H groups in total. The molecule has 4 nitrogen and oxygen atoms in total. The zero-order valence-electron chi connectivity index (χ0n) is 14.2. The molecule has 0 radical (unpaired) electrons. The third-order valence-electron chi connectivity index (χ3n) is 5.24. The van der Waals surface area contributed by atoms with Crippen LogP contribution in [0.4, 0.5) is 9.52 Å². The van der Waals surface area contributed by atoms with E-state index in [2.05, 4.69) is 9.88 Å². The van der Waals surface area contributed by atoms with E-state index in [4.69, 9.17) is 4.74 Å². The molecule has 6 heteroatoms. The Morgan fingerprint density at radius 2 is 2.08 bits per heavy atom. The number of carbonyl (C=O) groups excluding carboxylic acids is 1. The van der Waals surface area contributed by atoms with Gasteiger partial charge in [0, 0.05) is 6.42 Å². The van der Waals surface area contributed by atoms with E-state index in [1.165, 1.54) is 55.6 Å². The number of benzene rings is 1. The Labute approximate surface area is 151 Å². The zero-order valence-corrected chi connectivity index (χ0v) is 15.1. The quantitative estimate of drug-likeness (QED) is 0.733. The molecule has 0 amide bonds. The molecule has 1 saturated carbocycles. The highest BCUT2D eigenvalue weighted by molar-refractivity contribution is 7.22. The van der Waals surface area contributed by atoms with Crippen LogP contribution >= 0.6 is 11.3 Å². The first-order valence-electron chi connectivity index (χ1n) is 9.18. The normalized spacial score (nSPS) is 19.2. The summed E-state index contributed by atoms with van der Waals surface area (Å²) < 4.78 is 19.7. The lowest BCUT2D eigenvalue weighted by atomic mass is 9.86. The van der Waals surface area contributed by atoms with E-state index in [1.807, 2.05) is 0 Å². The van der Waals surface area contributed by atoms with Gasteiger partial charge in [-0.3, -0.25) is 4.79 Å².